The molecule has 0 aliphatic heterocycles. The van der Waals surface area contributed by atoms with E-state index >= 15 is 0 Å². The van der Waals surface area contributed by atoms with E-state index in [1.807, 2.05) is 30.3 Å². The molecule has 8 heteroatoms. The van der Waals surface area contributed by atoms with E-state index in [1.54, 1.807) is 29.2 Å². The van der Waals surface area contributed by atoms with Gasteiger partial charge in [-0.2, -0.15) is 0 Å². The van der Waals surface area contributed by atoms with Crippen LogP contribution in [0.5, 0.6) is 0 Å². The Morgan fingerprint density at radius 3 is 2.59 bits per heavy atom. The normalized spacial score (nSPS) is 13.1. The summed E-state index contributed by atoms with van der Waals surface area (Å²) in [5, 5.41) is 7.48. The van der Waals surface area contributed by atoms with Crippen LogP contribution >= 0.6 is 23.2 Å². The molecule has 4 rings (SSSR count). The summed E-state index contributed by atoms with van der Waals surface area (Å²) < 4.78 is 5.37. The predicted molar refractivity (Wildman–Crippen MR) is 123 cm³/mol. The molecule has 32 heavy (non-hydrogen) atoms. The van der Waals surface area contributed by atoms with Gasteiger partial charge in [0.15, 0.2) is 11.5 Å². The van der Waals surface area contributed by atoms with Crippen LogP contribution < -0.4 is 5.32 Å². The molecule has 6 nitrogen and oxygen atoms in total. The number of aromatic nitrogens is 1. The van der Waals surface area contributed by atoms with Crippen molar-refractivity contribution in [1.82, 2.24) is 15.4 Å². The lowest BCUT2D eigenvalue weighted by Gasteiger charge is -2.22. The summed E-state index contributed by atoms with van der Waals surface area (Å²) in [6.45, 7) is 1.25. The van der Waals surface area contributed by atoms with E-state index < -0.39 is 0 Å². The molecule has 1 saturated carbocycles. The molecule has 2 amide bonds. The number of carbonyl (C=O) groups excluding carboxylic acids is 2. The number of nitrogens with one attached hydrogen (secondary N) is 1. The van der Waals surface area contributed by atoms with Crippen LogP contribution in [0.4, 0.5) is 0 Å². The highest BCUT2D eigenvalue weighted by molar-refractivity contribution is 6.36. The lowest BCUT2D eigenvalue weighted by molar-refractivity contribution is 0.0729. The van der Waals surface area contributed by atoms with Gasteiger partial charge in [-0.25, -0.2) is 0 Å². The van der Waals surface area contributed by atoms with Crippen LogP contribution in [0.1, 0.15) is 45.0 Å². The Morgan fingerprint density at radius 1 is 1.09 bits per heavy atom. The van der Waals surface area contributed by atoms with Gasteiger partial charge in [0, 0.05) is 24.2 Å². The summed E-state index contributed by atoms with van der Waals surface area (Å²) in [6.07, 6.45) is 2.95. The first-order valence-corrected chi connectivity index (χ1v) is 11.3. The SMILES string of the molecule is O=C(NCC1CC1)c1cc(CN(CCc2ccccc2)C(=O)c2ccc(Cl)cc2Cl)on1. The molecule has 1 aromatic heterocycles. The van der Waals surface area contributed by atoms with Crippen molar-refractivity contribution in [3.05, 3.63) is 87.2 Å². The molecule has 166 valence electrons. The van der Waals surface area contributed by atoms with Crippen LogP contribution in [0.3, 0.4) is 0 Å². The van der Waals surface area contributed by atoms with Crippen molar-refractivity contribution in [1.29, 1.82) is 0 Å². The maximum Gasteiger partial charge on any atom is 0.273 e. The summed E-state index contributed by atoms with van der Waals surface area (Å²) in [4.78, 5) is 27.2. The van der Waals surface area contributed by atoms with Crippen LogP contribution in [0.2, 0.25) is 10.0 Å². The Morgan fingerprint density at radius 2 is 1.88 bits per heavy atom. The molecule has 0 unspecified atom stereocenters. The molecule has 0 atom stereocenters. The third kappa shape index (κ3) is 5.90. The number of carbonyl (C=O) groups is 2. The van der Waals surface area contributed by atoms with Gasteiger partial charge in [-0.05, 0) is 48.9 Å². The maximum atomic E-state index is 13.3. The van der Waals surface area contributed by atoms with E-state index in [2.05, 4.69) is 10.5 Å². The van der Waals surface area contributed by atoms with Crippen LogP contribution in [0.25, 0.3) is 0 Å². The van der Waals surface area contributed by atoms with Crippen molar-refractivity contribution >= 4 is 35.0 Å². The highest BCUT2D eigenvalue weighted by Crippen LogP contribution is 2.27. The van der Waals surface area contributed by atoms with Gasteiger partial charge >= 0.3 is 0 Å². The minimum atomic E-state index is -0.269. The van der Waals surface area contributed by atoms with Crippen molar-refractivity contribution < 1.29 is 14.1 Å². The molecule has 0 spiro atoms. The molecule has 0 radical (unpaired) electrons. The van der Waals surface area contributed by atoms with Crippen molar-refractivity contribution in [2.75, 3.05) is 13.1 Å². The number of rotatable bonds is 9. The fourth-order valence-corrected chi connectivity index (χ4v) is 3.82. The third-order valence-corrected chi connectivity index (χ3v) is 5.90. The first kappa shape index (κ1) is 22.4. The molecule has 1 N–H and O–H groups in total. The van der Waals surface area contributed by atoms with E-state index in [0.717, 1.165) is 18.4 Å². The van der Waals surface area contributed by atoms with Crippen molar-refractivity contribution in [3.8, 4) is 0 Å². The molecule has 1 fully saturated rings. The number of halogens is 2. The molecule has 1 heterocycles. The first-order valence-electron chi connectivity index (χ1n) is 10.5. The Hall–Kier alpha value is -2.83. The Kier molecular flexibility index (Phi) is 7.12. The van der Waals surface area contributed by atoms with E-state index in [4.69, 9.17) is 27.7 Å². The zero-order valence-electron chi connectivity index (χ0n) is 17.4. The van der Waals surface area contributed by atoms with Gasteiger partial charge in [-0.1, -0.05) is 58.7 Å². The van der Waals surface area contributed by atoms with Crippen molar-refractivity contribution in [2.24, 2.45) is 5.92 Å². The molecule has 0 saturated heterocycles. The molecular formula is C24H23Cl2N3O3. The highest BCUT2D eigenvalue weighted by Gasteiger charge is 2.24. The van der Waals surface area contributed by atoms with Crippen LogP contribution in [-0.4, -0.2) is 35.0 Å². The summed E-state index contributed by atoms with van der Waals surface area (Å²) in [7, 11) is 0. The van der Waals surface area contributed by atoms with Gasteiger partial charge in [0.25, 0.3) is 11.8 Å². The van der Waals surface area contributed by atoms with Crippen LogP contribution in [0, 0.1) is 5.92 Å². The summed E-state index contributed by atoms with van der Waals surface area (Å²) in [5.74, 6) is 0.474. The second kappa shape index (κ2) is 10.2. The second-order valence-electron chi connectivity index (χ2n) is 7.92. The van der Waals surface area contributed by atoms with Crippen LogP contribution in [0.15, 0.2) is 59.1 Å². The lowest BCUT2D eigenvalue weighted by Crippen LogP contribution is -2.32. The second-order valence-corrected chi connectivity index (χ2v) is 8.76. The molecule has 1 aliphatic rings. The Balaban J connectivity index is 1.49. The van der Waals surface area contributed by atoms with Gasteiger partial charge < -0.3 is 14.7 Å². The molecule has 0 bridgehead atoms. The van der Waals surface area contributed by atoms with Gasteiger partial charge in [-0.15, -0.1) is 0 Å². The van der Waals surface area contributed by atoms with Crippen molar-refractivity contribution in [2.45, 2.75) is 25.8 Å². The smallest absolute Gasteiger partial charge is 0.273 e. The predicted octanol–water partition coefficient (Wildman–Crippen LogP) is 5.01. The van der Waals surface area contributed by atoms with E-state index in [1.165, 1.54) is 0 Å². The maximum absolute atomic E-state index is 13.3. The molecule has 3 aromatic rings. The fraction of sp³-hybridized carbons (Fsp3) is 0.292. The number of hydrogen-bond acceptors (Lipinski definition) is 4. The van der Waals surface area contributed by atoms with Crippen LogP contribution in [-0.2, 0) is 13.0 Å². The minimum absolute atomic E-state index is 0.160. The van der Waals surface area contributed by atoms with E-state index in [0.29, 0.717) is 41.8 Å². The number of hydrogen-bond donors (Lipinski definition) is 1. The topological polar surface area (TPSA) is 75.4 Å². The molecule has 1 aliphatic carbocycles. The lowest BCUT2D eigenvalue weighted by atomic mass is 10.1. The number of amides is 2. The van der Waals surface area contributed by atoms with Gasteiger partial charge in [0.05, 0.1) is 17.1 Å². The summed E-state index contributed by atoms with van der Waals surface area (Å²) in [5.41, 5.74) is 1.66. The minimum Gasteiger partial charge on any atom is -0.359 e. The fourth-order valence-electron chi connectivity index (χ4n) is 3.33. The molecule has 2 aromatic carbocycles. The average molecular weight is 472 g/mol. The number of benzene rings is 2. The summed E-state index contributed by atoms with van der Waals surface area (Å²) in [6, 6.07) is 16.2. The largest absolute Gasteiger partial charge is 0.359 e. The average Bonchev–Trinajstić information content (AvgIpc) is 3.51. The van der Waals surface area contributed by atoms with E-state index in [9.17, 15) is 9.59 Å². The number of nitrogens with zero attached hydrogens (tertiary/aromatic N) is 2. The standard InChI is InChI=1S/C24H23Cl2N3O3/c25-18-8-9-20(21(26)12-18)24(31)29(11-10-16-4-2-1-3-5-16)15-19-13-22(28-32-19)23(30)27-14-17-6-7-17/h1-5,8-9,12-13,17H,6-7,10-11,14-15H2,(H,27,30). The Bertz CT molecular complexity index is 1100. The Labute approximate surface area is 196 Å². The van der Waals surface area contributed by atoms with E-state index in [-0.39, 0.29) is 29.1 Å². The summed E-state index contributed by atoms with van der Waals surface area (Å²) >= 11 is 12.3. The first-order chi connectivity index (χ1) is 15.5. The third-order valence-electron chi connectivity index (χ3n) is 5.35. The molecular weight excluding hydrogens is 449 g/mol. The van der Waals surface area contributed by atoms with Gasteiger partial charge in [-0.3, -0.25) is 9.59 Å². The highest BCUT2D eigenvalue weighted by atomic mass is 35.5. The monoisotopic (exact) mass is 471 g/mol. The van der Waals surface area contributed by atoms with Gasteiger partial charge in [0.2, 0.25) is 0 Å². The van der Waals surface area contributed by atoms with Gasteiger partial charge in [0.1, 0.15) is 0 Å². The zero-order valence-corrected chi connectivity index (χ0v) is 18.9. The zero-order chi connectivity index (χ0) is 22.5. The quantitative estimate of drug-likeness (QED) is 0.475. The van der Waals surface area contributed by atoms with Crippen molar-refractivity contribution in [3.63, 3.8) is 0 Å².